The van der Waals surface area contributed by atoms with Gasteiger partial charge in [-0.2, -0.15) is 0 Å². The number of nitrogens with two attached hydrogens (primary N) is 1. The van der Waals surface area contributed by atoms with Crippen molar-refractivity contribution in [3.8, 4) is 0 Å². The van der Waals surface area contributed by atoms with Gasteiger partial charge in [-0.25, -0.2) is 0 Å². The topological polar surface area (TPSA) is 66.6 Å². The molecule has 0 bridgehead atoms. The molecule has 1 saturated heterocycles. The Balaban J connectivity index is 1.66. The molecule has 2 heterocycles. The number of aromatic nitrogens is 1. The van der Waals surface area contributed by atoms with Crippen molar-refractivity contribution in [2.45, 2.75) is 19.8 Å². The number of hydrogen-bond donors (Lipinski definition) is 2. The van der Waals surface area contributed by atoms with E-state index < -0.39 is 0 Å². The van der Waals surface area contributed by atoms with Crippen molar-refractivity contribution in [1.82, 2.24) is 9.88 Å². The molecular weight excluding hydrogens is 276 g/mol. The van der Waals surface area contributed by atoms with Crippen molar-refractivity contribution in [2.75, 3.05) is 32.8 Å². The average molecular weight is 300 g/mol. The third kappa shape index (κ3) is 3.09. The second-order valence-electron chi connectivity index (χ2n) is 5.60. The van der Waals surface area contributed by atoms with E-state index in [1.807, 2.05) is 0 Å². The molecule has 1 aromatic heterocycles. The summed E-state index contributed by atoms with van der Waals surface area (Å²) in [4.78, 5) is 10.0. The van der Waals surface area contributed by atoms with Gasteiger partial charge in [0.05, 0.1) is 13.2 Å². The molecule has 1 aliphatic heterocycles. The number of benzene rings is 1. The lowest BCUT2D eigenvalue weighted by atomic mass is 10.1. The average Bonchev–Trinajstić information content (AvgIpc) is 2.99. The highest BCUT2D eigenvalue weighted by atomic mass is 16.5. The quantitative estimate of drug-likeness (QED) is 0.669. The molecule has 118 valence electrons. The molecule has 0 saturated carbocycles. The third-order valence-corrected chi connectivity index (χ3v) is 4.26. The lowest BCUT2D eigenvalue weighted by Crippen LogP contribution is -2.44. The number of aryl methyl sites for hydroxylation is 1. The van der Waals surface area contributed by atoms with Crippen LogP contribution in [0.3, 0.4) is 0 Å². The number of nitrogens with zero attached hydrogens (tertiary/aromatic N) is 2. The normalized spacial score (nSPS) is 16.4. The van der Waals surface area contributed by atoms with Gasteiger partial charge < -0.3 is 20.4 Å². The monoisotopic (exact) mass is 300 g/mol. The van der Waals surface area contributed by atoms with Gasteiger partial charge in [-0.3, -0.25) is 4.99 Å². The number of rotatable bonds is 4. The Morgan fingerprint density at radius 1 is 1.32 bits per heavy atom. The Morgan fingerprint density at radius 2 is 2.14 bits per heavy atom. The largest absolute Gasteiger partial charge is 0.378 e. The number of morpholine rings is 1. The molecule has 1 aromatic carbocycles. The van der Waals surface area contributed by atoms with Crippen LogP contribution >= 0.6 is 0 Å². The van der Waals surface area contributed by atoms with E-state index in [1.54, 1.807) is 0 Å². The molecule has 0 radical (unpaired) electrons. The molecule has 0 unspecified atom stereocenters. The van der Waals surface area contributed by atoms with Crippen LogP contribution in [0, 0.1) is 0 Å². The number of hydrogen-bond acceptors (Lipinski definition) is 2. The van der Waals surface area contributed by atoms with Crippen molar-refractivity contribution in [3.05, 3.63) is 35.5 Å². The highest BCUT2D eigenvalue weighted by Gasteiger charge is 2.12. The zero-order valence-electron chi connectivity index (χ0n) is 13.1. The molecule has 3 rings (SSSR count). The van der Waals surface area contributed by atoms with Gasteiger partial charge >= 0.3 is 0 Å². The van der Waals surface area contributed by atoms with Gasteiger partial charge in [0.1, 0.15) is 0 Å². The highest BCUT2D eigenvalue weighted by molar-refractivity contribution is 5.86. The number of fused-ring (bicyclic) bond motifs is 1. The van der Waals surface area contributed by atoms with Gasteiger partial charge in [0.25, 0.3) is 0 Å². The van der Waals surface area contributed by atoms with Gasteiger partial charge in [0.15, 0.2) is 5.96 Å². The Kier molecular flexibility index (Phi) is 4.63. The zero-order valence-corrected chi connectivity index (χ0v) is 13.1. The van der Waals surface area contributed by atoms with Crippen LogP contribution in [0.2, 0.25) is 0 Å². The zero-order chi connectivity index (χ0) is 15.4. The summed E-state index contributed by atoms with van der Waals surface area (Å²) in [6.45, 7) is 6.04. The van der Waals surface area contributed by atoms with Crippen molar-refractivity contribution >= 4 is 16.9 Å². The summed E-state index contributed by atoms with van der Waals surface area (Å²) in [5.41, 5.74) is 9.98. The molecule has 0 aliphatic carbocycles. The van der Waals surface area contributed by atoms with E-state index in [-0.39, 0.29) is 0 Å². The fourth-order valence-electron chi connectivity index (χ4n) is 2.96. The van der Waals surface area contributed by atoms with E-state index in [2.05, 4.69) is 46.2 Å². The molecule has 0 spiro atoms. The second-order valence-corrected chi connectivity index (χ2v) is 5.60. The van der Waals surface area contributed by atoms with E-state index in [4.69, 9.17) is 10.5 Å². The van der Waals surface area contributed by atoms with Crippen molar-refractivity contribution in [1.29, 1.82) is 0 Å². The van der Waals surface area contributed by atoms with Crippen LogP contribution in [-0.4, -0.2) is 48.7 Å². The second kappa shape index (κ2) is 6.83. The highest BCUT2D eigenvalue weighted by Crippen LogP contribution is 2.22. The first kappa shape index (κ1) is 14.9. The van der Waals surface area contributed by atoms with Crippen LogP contribution in [0.1, 0.15) is 18.1 Å². The van der Waals surface area contributed by atoms with Crippen molar-refractivity contribution in [2.24, 2.45) is 10.7 Å². The van der Waals surface area contributed by atoms with Crippen LogP contribution in [-0.2, 0) is 17.6 Å². The lowest BCUT2D eigenvalue weighted by molar-refractivity contribution is 0.0674. The number of H-pyrrole nitrogens is 1. The van der Waals surface area contributed by atoms with E-state index in [9.17, 15) is 0 Å². The number of aromatic amines is 1. The number of nitrogens with one attached hydrogen (secondary N) is 1. The Morgan fingerprint density at radius 3 is 2.91 bits per heavy atom. The van der Waals surface area contributed by atoms with Crippen molar-refractivity contribution in [3.63, 3.8) is 0 Å². The van der Waals surface area contributed by atoms with Gasteiger partial charge in [-0.05, 0) is 24.0 Å². The number of guanidine groups is 1. The number of aliphatic imine (C=N–C) groups is 1. The minimum atomic E-state index is 0.636. The van der Waals surface area contributed by atoms with E-state index >= 15 is 0 Å². The van der Waals surface area contributed by atoms with Crippen LogP contribution in [0.5, 0.6) is 0 Å². The van der Waals surface area contributed by atoms with Crippen LogP contribution in [0.4, 0.5) is 0 Å². The maximum atomic E-state index is 6.06. The predicted octanol–water partition coefficient (Wildman–Crippen LogP) is 1.92. The summed E-state index contributed by atoms with van der Waals surface area (Å²) in [6.07, 6.45) is 4.04. The summed E-state index contributed by atoms with van der Waals surface area (Å²) < 4.78 is 5.33. The Bertz CT molecular complexity index is 656. The van der Waals surface area contributed by atoms with Crippen molar-refractivity contribution < 1.29 is 4.74 Å². The van der Waals surface area contributed by atoms with E-state index in [0.29, 0.717) is 12.5 Å². The number of para-hydroxylation sites is 1. The molecule has 5 nitrogen and oxygen atoms in total. The Hall–Kier alpha value is -2.01. The predicted molar refractivity (Wildman–Crippen MR) is 90.3 cm³/mol. The van der Waals surface area contributed by atoms with Crippen LogP contribution in [0.25, 0.3) is 10.9 Å². The molecule has 0 atom stereocenters. The van der Waals surface area contributed by atoms with Gasteiger partial charge in [-0.15, -0.1) is 0 Å². The fourth-order valence-corrected chi connectivity index (χ4v) is 2.96. The molecule has 22 heavy (non-hydrogen) atoms. The molecule has 2 aromatic rings. The minimum Gasteiger partial charge on any atom is -0.378 e. The molecule has 5 heteroatoms. The third-order valence-electron chi connectivity index (χ3n) is 4.26. The Labute approximate surface area is 131 Å². The lowest BCUT2D eigenvalue weighted by Gasteiger charge is -2.27. The first-order chi connectivity index (χ1) is 10.8. The molecule has 0 amide bonds. The van der Waals surface area contributed by atoms with E-state index in [0.717, 1.165) is 39.1 Å². The SMILES string of the molecule is CCc1cccc2c(CCN=C(N)N3CCOCC3)c[nH]c12. The summed E-state index contributed by atoms with van der Waals surface area (Å²) in [5, 5.41) is 1.31. The number of ether oxygens (including phenoxy) is 1. The van der Waals surface area contributed by atoms with Gasteiger partial charge in [0.2, 0.25) is 0 Å². The fraction of sp³-hybridized carbons (Fsp3) is 0.471. The van der Waals surface area contributed by atoms with Gasteiger partial charge in [0, 0.05) is 36.7 Å². The molecule has 3 N–H and O–H groups in total. The van der Waals surface area contributed by atoms with Crippen LogP contribution in [0.15, 0.2) is 29.4 Å². The molecule has 1 fully saturated rings. The van der Waals surface area contributed by atoms with Crippen LogP contribution < -0.4 is 5.73 Å². The summed E-state index contributed by atoms with van der Waals surface area (Å²) in [7, 11) is 0. The summed E-state index contributed by atoms with van der Waals surface area (Å²) in [5.74, 6) is 0.636. The minimum absolute atomic E-state index is 0.636. The molecule has 1 aliphatic rings. The van der Waals surface area contributed by atoms with Gasteiger partial charge in [-0.1, -0.05) is 25.1 Å². The smallest absolute Gasteiger partial charge is 0.191 e. The maximum absolute atomic E-state index is 6.06. The standard InChI is InChI=1S/C17H24N4O/c1-2-13-4-3-5-15-14(12-20-16(13)15)6-7-19-17(18)21-8-10-22-11-9-21/h3-5,12,20H,2,6-11H2,1H3,(H2,18,19). The maximum Gasteiger partial charge on any atom is 0.191 e. The first-order valence-corrected chi connectivity index (χ1v) is 8.00. The van der Waals surface area contributed by atoms with E-state index in [1.165, 1.54) is 22.0 Å². The summed E-state index contributed by atoms with van der Waals surface area (Å²) in [6, 6.07) is 6.48. The molecular formula is C17H24N4O. The first-order valence-electron chi connectivity index (χ1n) is 8.00. The summed E-state index contributed by atoms with van der Waals surface area (Å²) >= 11 is 0.